The Morgan fingerprint density at radius 2 is 2.03 bits per heavy atom. The number of nitrogens with one attached hydrogen (secondary N) is 1. The maximum atomic E-state index is 12.0. The molecule has 0 aliphatic carbocycles. The number of rotatable bonds is 9. The van der Waals surface area contributed by atoms with Crippen LogP contribution in [0.2, 0.25) is 0 Å². The topological polar surface area (TPSA) is 120 Å². The molecule has 0 saturated carbocycles. The number of amides is 1. The maximum absolute atomic E-state index is 12.0. The van der Waals surface area contributed by atoms with Gasteiger partial charge in [-0.05, 0) is 46.6 Å². The van der Waals surface area contributed by atoms with Crippen molar-refractivity contribution in [3.05, 3.63) is 68.2 Å². The number of carbonyl (C=O) groups excluding carboxylic acids is 2. The zero-order valence-electron chi connectivity index (χ0n) is 15.5. The Bertz CT molecular complexity index is 932. The van der Waals surface area contributed by atoms with Gasteiger partial charge in [0, 0.05) is 11.6 Å². The van der Waals surface area contributed by atoms with E-state index < -0.39 is 16.8 Å². The number of hydrogen-bond acceptors (Lipinski definition) is 7. The van der Waals surface area contributed by atoms with E-state index in [-0.39, 0.29) is 25.3 Å². The van der Waals surface area contributed by atoms with E-state index in [0.717, 1.165) is 0 Å². The molecule has 0 saturated heterocycles. The third kappa shape index (κ3) is 7.00. The number of nitro groups is 1. The number of hydrogen-bond donors (Lipinski definition) is 1. The van der Waals surface area contributed by atoms with Gasteiger partial charge in [-0.2, -0.15) is 5.10 Å². The molecule has 0 heterocycles. The average molecular weight is 464 g/mol. The van der Waals surface area contributed by atoms with Crippen molar-refractivity contribution in [3.8, 4) is 5.75 Å². The van der Waals surface area contributed by atoms with Crippen LogP contribution in [-0.2, 0) is 20.7 Å². The Morgan fingerprint density at radius 1 is 1.28 bits per heavy atom. The number of nitrogens with zero attached hydrogens (tertiary/aromatic N) is 2. The molecule has 10 heteroatoms. The van der Waals surface area contributed by atoms with Crippen molar-refractivity contribution in [3.63, 3.8) is 0 Å². The number of para-hydroxylation sites is 1. The second-order valence-electron chi connectivity index (χ2n) is 5.64. The number of carbonyl (C=O) groups is 2. The first-order valence-corrected chi connectivity index (χ1v) is 9.32. The first-order chi connectivity index (χ1) is 13.9. The molecule has 2 rings (SSSR count). The van der Waals surface area contributed by atoms with Crippen molar-refractivity contribution < 1.29 is 24.0 Å². The summed E-state index contributed by atoms with van der Waals surface area (Å²) in [4.78, 5) is 33.8. The normalized spacial score (nSPS) is 10.6. The zero-order valence-corrected chi connectivity index (χ0v) is 17.0. The van der Waals surface area contributed by atoms with Gasteiger partial charge < -0.3 is 9.47 Å². The van der Waals surface area contributed by atoms with Gasteiger partial charge >= 0.3 is 5.97 Å². The predicted octanol–water partition coefficient (Wildman–Crippen LogP) is 2.99. The lowest BCUT2D eigenvalue weighted by molar-refractivity contribution is -0.385. The number of hydrazone groups is 1. The highest BCUT2D eigenvalue weighted by atomic mass is 79.9. The molecule has 1 N–H and O–H groups in total. The Kier molecular flexibility index (Phi) is 8.28. The molecule has 152 valence electrons. The Balaban J connectivity index is 1.91. The smallest absolute Gasteiger partial charge is 0.344 e. The van der Waals surface area contributed by atoms with Crippen molar-refractivity contribution >= 4 is 39.7 Å². The summed E-state index contributed by atoms with van der Waals surface area (Å²) in [6, 6.07) is 11.0. The zero-order chi connectivity index (χ0) is 21.2. The van der Waals surface area contributed by atoms with Crippen LogP contribution in [-0.4, -0.2) is 36.2 Å². The molecule has 0 unspecified atom stereocenters. The molecular formula is C19H18BrN3O6. The van der Waals surface area contributed by atoms with E-state index in [9.17, 15) is 19.7 Å². The van der Waals surface area contributed by atoms with Gasteiger partial charge in [0.25, 0.3) is 5.69 Å². The van der Waals surface area contributed by atoms with Gasteiger partial charge in [0.1, 0.15) is 5.75 Å². The molecule has 0 spiro atoms. The van der Waals surface area contributed by atoms with Crippen LogP contribution in [0, 0.1) is 10.1 Å². The number of halogens is 1. The lowest BCUT2D eigenvalue weighted by Gasteiger charge is -2.08. The summed E-state index contributed by atoms with van der Waals surface area (Å²) in [6.45, 7) is 1.78. The molecule has 0 bridgehead atoms. The summed E-state index contributed by atoms with van der Waals surface area (Å²) in [5.74, 6) is -0.494. The number of nitro benzene ring substituents is 1. The van der Waals surface area contributed by atoms with Crippen molar-refractivity contribution in [2.45, 2.75) is 13.3 Å². The Labute approximate surface area is 175 Å². The van der Waals surface area contributed by atoms with E-state index in [0.29, 0.717) is 21.3 Å². The largest absolute Gasteiger partial charge is 0.481 e. The SMILES string of the molecule is CCOC(=O)COc1ccc(C=NNC(=O)Cc2ccccc2[N+](=O)[O-])cc1Br. The fourth-order valence-corrected chi connectivity index (χ4v) is 2.79. The number of benzene rings is 2. The fourth-order valence-electron chi connectivity index (χ4n) is 2.28. The van der Waals surface area contributed by atoms with Crippen molar-refractivity contribution in [1.82, 2.24) is 5.43 Å². The minimum atomic E-state index is -0.533. The second-order valence-corrected chi connectivity index (χ2v) is 6.49. The minimum absolute atomic E-state index is 0.117. The van der Waals surface area contributed by atoms with E-state index in [1.54, 1.807) is 31.2 Å². The van der Waals surface area contributed by atoms with Gasteiger partial charge in [-0.3, -0.25) is 14.9 Å². The standard InChI is InChI=1S/C19H18BrN3O6/c1-2-28-19(25)12-29-17-8-7-13(9-15(17)20)11-21-22-18(24)10-14-5-3-4-6-16(14)23(26)27/h3-9,11H,2,10,12H2,1H3,(H,22,24). The quantitative estimate of drug-likeness (QED) is 0.264. The third-order valence-electron chi connectivity index (χ3n) is 3.55. The fraction of sp³-hybridized carbons (Fsp3) is 0.211. The summed E-state index contributed by atoms with van der Waals surface area (Å²) in [6.07, 6.45) is 1.25. The molecule has 0 aliphatic rings. The van der Waals surface area contributed by atoms with Gasteiger partial charge in [-0.1, -0.05) is 18.2 Å². The second kappa shape index (κ2) is 10.9. The van der Waals surface area contributed by atoms with E-state index in [4.69, 9.17) is 9.47 Å². The van der Waals surface area contributed by atoms with Crippen LogP contribution in [0.4, 0.5) is 5.69 Å². The minimum Gasteiger partial charge on any atom is -0.481 e. The molecule has 0 radical (unpaired) electrons. The van der Waals surface area contributed by atoms with Gasteiger partial charge in [0.05, 0.1) is 28.6 Å². The summed E-state index contributed by atoms with van der Waals surface area (Å²) >= 11 is 3.33. The average Bonchev–Trinajstić information content (AvgIpc) is 2.68. The monoisotopic (exact) mass is 463 g/mol. The van der Waals surface area contributed by atoms with Crippen LogP contribution in [0.1, 0.15) is 18.1 Å². The van der Waals surface area contributed by atoms with Gasteiger partial charge in [0.15, 0.2) is 6.61 Å². The van der Waals surface area contributed by atoms with E-state index in [2.05, 4.69) is 26.5 Å². The molecule has 2 aromatic carbocycles. The molecule has 29 heavy (non-hydrogen) atoms. The molecule has 1 amide bonds. The first-order valence-electron chi connectivity index (χ1n) is 8.53. The van der Waals surface area contributed by atoms with E-state index in [1.165, 1.54) is 24.4 Å². The van der Waals surface area contributed by atoms with Crippen LogP contribution in [0.25, 0.3) is 0 Å². The first kappa shape index (κ1) is 22.0. The van der Waals surface area contributed by atoms with E-state index >= 15 is 0 Å². The lowest BCUT2D eigenvalue weighted by atomic mass is 10.1. The summed E-state index contributed by atoms with van der Waals surface area (Å²) in [5, 5.41) is 14.8. The Morgan fingerprint density at radius 3 is 2.72 bits per heavy atom. The molecule has 0 aromatic heterocycles. The van der Waals surface area contributed by atoms with Crippen LogP contribution < -0.4 is 10.2 Å². The molecule has 0 atom stereocenters. The van der Waals surface area contributed by atoms with E-state index in [1.807, 2.05) is 0 Å². The summed E-state index contributed by atoms with van der Waals surface area (Å²) < 4.78 is 10.7. The molecule has 2 aromatic rings. The third-order valence-corrected chi connectivity index (χ3v) is 4.17. The number of esters is 1. The Hall–Kier alpha value is -3.27. The summed E-state index contributed by atoms with van der Waals surface area (Å²) in [7, 11) is 0. The van der Waals surface area contributed by atoms with Crippen LogP contribution in [0.15, 0.2) is 52.0 Å². The van der Waals surface area contributed by atoms with Gasteiger partial charge in [-0.25, -0.2) is 10.2 Å². The van der Waals surface area contributed by atoms with Crippen molar-refractivity contribution in [1.29, 1.82) is 0 Å². The highest BCUT2D eigenvalue weighted by molar-refractivity contribution is 9.10. The van der Waals surface area contributed by atoms with Crippen molar-refractivity contribution in [2.75, 3.05) is 13.2 Å². The molecule has 0 aliphatic heterocycles. The summed E-state index contributed by atoms with van der Waals surface area (Å²) in [5.41, 5.74) is 3.18. The molecular weight excluding hydrogens is 446 g/mol. The highest BCUT2D eigenvalue weighted by Gasteiger charge is 2.15. The lowest BCUT2D eigenvalue weighted by Crippen LogP contribution is -2.20. The molecule has 9 nitrogen and oxygen atoms in total. The van der Waals surface area contributed by atoms with Gasteiger partial charge in [-0.15, -0.1) is 0 Å². The van der Waals surface area contributed by atoms with Crippen LogP contribution in [0.3, 0.4) is 0 Å². The molecule has 0 fully saturated rings. The predicted molar refractivity (Wildman–Crippen MR) is 109 cm³/mol. The van der Waals surface area contributed by atoms with Gasteiger partial charge in [0.2, 0.25) is 5.91 Å². The number of ether oxygens (including phenoxy) is 2. The van der Waals surface area contributed by atoms with Crippen molar-refractivity contribution in [2.24, 2.45) is 5.10 Å². The van der Waals surface area contributed by atoms with Crippen LogP contribution in [0.5, 0.6) is 5.75 Å². The maximum Gasteiger partial charge on any atom is 0.344 e. The van der Waals surface area contributed by atoms with Crippen LogP contribution >= 0.6 is 15.9 Å². The highest BCUT2D eigenvalue weighted by Crippen LogP contribution is 2.25.